The van der Waals surface area contributed by atoms with Crippen LogP contribution in [0.25, 0.3) is 4.96 Å². The maximum atomic E-state index is 9.17. The van der Waals surface area contributed by atoms with Gasteiger partial charge in [-0.1, -0.05) is 11.3 Å². The lowest BCUT2D eigenvalue weighted by molar-refractivity contribution is 0.273. The van der Waals surface area contributed by atoms with Crippen molar-refractivity contribution in [3.8, 4) is 0 Å². The van der Waals surface area contributed by atoms with Gasteiger partial charge in [-0.2, -0.15) is 5.10 Å². The van der Waals surface area contributed by atoms with Gasteiger partial charge in [0.25, 0.3) is 0 Å². The molecule has 2 heterocycles. The van der Waals surface area contributed by atoms with Gasteiger partial charge in [-0.3, -0.25) is 0 Å². The van der Waals surface area contributed by atoms with Crippen molar-refractivity contribution in [1.82, 2.24) is 14.6 Å². The van der Waals surface area contributed by atoms with E-state index < -0.39 is 0 Å². The van der Waals surface area contributed by atoms with Gasteiger partial charge in [-0.25, -0.2) is 9.50 Å². The Bertz CT molecular complexity index is 483. The third kappa shape index (κ3) is 1.09. The van der Waals surface area contributed by atoms with Crippen molar-refractivity contribution >= 4 is 16.3 Å². The fourth-order valence-electron chi connectivity index (χ4n) is 1.58. The van der Waals surface area contributed by atoms with Gasteiger partial charge in [-0.15, -0.1) is 0 Å². The van der Waals surface area contributed by atoms with Crippen LogP contribution in [0.1, 0.15) is 35.2 Å². The Balaban J connectivity index is 2.19. The van der Waals surface area contributed by atoms with Crippen molar-refractivity contribution in [3.63, 3.8) is 0 Å². The molecule has 0 aromatic carbocycles. The van der Waals surface area contributed by atoms with E-state index in [0.29, 0.717) is 5.92 Å². The van der Waals surface area contributed by atoms with E-state index in [1.807, 2.05) is 6.92 Å². The first-order valence-electron chi connectivity index (χ1n) is 4.75. The second-order valence-corrected chi connectivity index (χ2v) is 4.70. The molecule has 0 amide bonds. The van der Waals surface area contributed by atoms with Gasteiger partial charge in [0, 0.05) is 5.92 Å². The number of aryl methyl sites for hydroxylation is 1. The van der Waals surface area contributed by atoms with Crippen LogP contribution in [0.15, 0.2) is 0 Å². The van der Waals surface area contributed by atoms with Gasteiger partial charge in [0.1, 0.15) is 5.01 Å². The van der Waals surface area contributed by atoms with E-state index in [-0.39, 0.29) is 6.61 Å². The average Bonchev–Trinajstić information content (AvgIpc) is 2.85. The van der Waals surface area contributed by atoms with Gasteiger partial charge in [0.05, 0.1) is 18.0 Å². The summed E-state index contributed by atoms with van der Waals surface area (Å²) >= 11 is 1.65. The minimum absolute atomic E-state index is 0.0147. The first kappa shape index (κ1) is 8.38. The number of imidazole rings is 1. The van der Waals surface area contributed by atoms with E-state index in [0.717, 1.165) is 16.3 Å². The third-order valence-corrected chi connectivity index (χ3v) is 3.66. The molecule has 0 aliphatic heterocycles. The Morgan fingerprint density at radius 2 is 2.36 bits per heavy atom. The molecule has 0 unspecified atom stereocenters. The SMILES string of the molecule is Cc1nc2sc(C3CC3)nn2c1CO. The molecule has 74 valence electrons. The van der Waals surface area contributed by atoms with Crippen LogP contribution >= 0.6 is 11.3 Å². The van der Waals surface area contributed by atoms with E-state index in [2.05, 4.69) is 10.1 Å². The number of nitrogens with zero attached hydrogens (tertiary/aromatic N) is 3. The number of rotatable bonds is 2. The Morgan fingerprint density at radius 3 is 3.00 bits per heavy atom. The van der Waals surface area contributed by atoms with Crippen LogP contribution in [0.5, 0.6) is 0 Å². The molecule has 1 N–H and O–H groups in total. The van der Waals surface area contributed by atoms with Crippen molar-refractivity contribution < 1.29 is 5.11 Å². The van der Waals surface area contributed by atoms with Crippen LogP contribution < -0.4 is 0 Å². The summed E-state index contributed by atoms with van der Waals surface area (Å²) in [5.74, 6) is 0.661. The first-order valence-corrected chi connectivity index (χ1v) is 5.57. The van der Waals surface area contributed by atoms with Gasteiger partial charge >= 0.3 is 0 Å². The highest BCUT2D eigenvalue weighted by molar-refractivity contribution is 7.16. The standard InChI is InChI=1S/C9H11N3OS/c1-5-7(4-13)12-9(10-5)14-8(11-12)6-2-3-6/h6,13H,2-4H2,1H3. The van der Waals surface area contributed by atoms with Crippen LogP contribution in [0.4, 0.5) is 0 Å². The molecule has 1 saturated carbocycles. The molecule has 0 atom stereocenters. The maximum Gasteiger partial charge on any atom is 0.212 e. The highest BCUT2D eigenvalue weighted by Gasteiger charge is 2.28. The summed E-state index contributed by atoms with van der Waals surface area (Å²) in [7, 11) is 0. The normalized spacial score (nSPS) is 16.7. The second-order valence-electron chi connectivity index (χ2n) is 3.71. The summed E-state index contributed by atoms with van der Waals surface area (Å²) in [5.41, 5.74) is 1.71. The molecule has 1 fully saturated rings. The van der Waals surface area contributed by atoms with Crippen LogP contribution in [0.3, 0.4) is 0 Å². The molecule has 2 aromatic rings. The molecule has 0 radical (unpaired) electrons. The number of aliphatic hydroxyl groups is 1. The van der Waals surface area contributed by atoms with Gasteiger partial charge < -0.3 is 5.11 Å². The van der Waals surface area contributed by atoms with Crippen LogP contribution in [-0.4, -0.2) is 19.7 Å². The lowest BCUT2D eigenvalue weighted by Gasteiger charge is -1.92. The van der Waals surface area contributed by atoms with Crippen molar-refractivity contribution in [1.29, 1.82) is 0 Å². The predicted octanol–water partition coefficient (Wildman–Crippen LogP) is 1.47. The van der Waals surface area contributed by atoms with Gasteiger partial charge in [0.15, 0.2) is 0 Å². The Kier molecular flexibility index (Phi) is 1.66. The topological polar surface area (TPSA) is 50.4 Å². The molecule has 0 spiro atoms. The fourth-order valence-corrected chi connectivity index (χ4v) is 2.71. The van der Waals surface area contributed by atoms with Crippen molar-refractivity contribution in [2.45, 2.75) is 32.3 Å². The molecular weight excluding hydrogens is 198 g/mol. The number of fused-ring (bicyclic) bond motifs is 1. The molecule has 2 aromatic heterocycles. The predicted molar refractivity (Wildman–Crippen MR) is 53.5 cm³/mol. The van der Waals surface area contributed by atoms with Crippen molar-refractivity contribution in [2.75, 3.05) is 0 Å². The summed E-state index contributed by atoms with van der Waals surface area (Å²) < 4.78 is 1.79. The quantitative estimate of drug-likeness (QED) is 0.814. The molecule has 1 aliphatic carbocycles. The minimum Gasteiger partial charge on any atom is -0.390 e. The monoisotopic (exact) mass is 209 g/mol. The zero-order chi connectivity index (χ0) is 9.71. The molecule has 0 saturated heterocycles. The zero-order valence-electron chi connectivity index (χ0n) is 7.90. The van der Waals surface area contributed by atoms with E-state index in [1.54, 1.807) is 15.9 Å². The van der Waals surface area contributed by atoms with Gasteiger partial charge in [-0.05, 0) is 19.8 Å². The summed E-state index contributed by atoms with van der Waals surface area (Å²) in [4.78, 5) is 5.28. The first-order chi connectivity index (χ1) is 6.79. The summed E-state index contributed by atoms with van der Waals surface area (Å²) in [6.45, 7) is 1.92. The van der Waals surface area contributed by atoms with E-state index in [9.17, 15) is 5.11 Å². The third-order valence-electron chi connectivity index (χ3n) is 2.59. The Labute approximate surface area is 85.2 Å². The molecule has 14 heavy (non-hydrogen) atoms. The number of aliphatic hydroxyl groups excluding tert-OH is 1. The minimum atomic E-state index is 0.0147. The number of hydrogen-bond acceptors (Lipinski definition) is 4. The Hall–Kier alpha value is -0.940. The molecule has 4 nitrogen and oxygen atoms in total. The van der Waals surface area contributed by atoms with Crippen molar-refractivity contribution in [2.24, 2.45) is 0 Å². The molecule has 1 aliphatic rings. The molecule has 0 bridgehead atoms. The van der Waals surface area contributed by atoms with Crippen LogP contribution in [-0.2, 0) is 6.61 Å². The van der Waals surface area contributed by atoms with E-state index in [4.69, 9.17) is 0 Å². The van der Waals surface area contributed by atoms with E-state index >= 15 is 0 Å². The largest absolute Gasteiger partial charge is 0.390 e. The van der Waals surface area contributed by atoms with Crippen LogP contribution in [0.2, 0.25) is 0 Å². The van der Waals surface area contributed by atoms with Crippen LogP contribution in [0, 0.1) is 6.92 Å². The highest BCUT2D eigenvalue weighted by atomic mass is 32.1. The fraction of sp³-hybridized carbons (Fsp3) is 0.556. The molecule has 5 heteroatoms. The highest BCUT2D eigenvalue weighted by Crippen LogP contribution is 2.41. The summed E-state index contributed by atoms with van der Waals surface area (Å²) in [6.07, 6.45) is 2.51. The zero-order valence-corrected chi connectivity index (χ0v) is 8.71. The maximum absolute atomic E-state index is 9.17. The number of aromatic nitrogens is 3. The summed E-state index contributed by atoms with van der Waals surface area (Å²) in [6, 6.07) is 0. The lowest BCUT2D eigenvalue weighted by Crippen LogP contribution is -1.95. The van der Waals surface area contributed by atoms with E-state index in [1.165, 1.54) is 17.8 Å². The average molecular weight is 209 g/mol. The summed E-state index contributed by atoms with van der Waals surface area (Å²) in [5, 5.41) is 14.8. The number of hydrogen-bond donors (Lipinski definition) is 1. The lowest BCUT2D eigenvalue weighted by atomic mass is 10.4. The smallest absolute Gasteiger partial charge is 0.212 e. The molecular formula is C9H11N3OS. The Morgan fingerprint density at radius 1 is 1.57 bits per heavy atom. The van der Waals surface area contributed by atoms with Crippen molar-refractivity contribution in [3.05, 3.63) is 16.4 Å². The molecule has 3 rings (SSSR count). The second kappa shape index (κ2) is 2.77. The van der Waals surface area contributed by atoms with Gasteiger partial charge in [0.2, 0.25) is 4.96 Å².